The first kappa shape index (κ1) is 12.0. The number of rotatable bonds is 4. The number of carbonyl (C=O) groups excluding carboxylic acids is 1. The van der Waals surface area contributed by atoms with Crippen LogP contribution >= 0.6 is 0 Å². The third-order valence-electron chi connectivity index (χ3n) is 2.70. The van der Waals surface area contributed by atoms with Gasteiger partial charge in [-0.3, -0.25) is 9.36 Å². The zero-order chi connectivity index (χ0) is 13.8. The second kappa shape index (κ2) is 5.31. The van der Waals surface area contributed by atoms with Crippen LogP contribution in [0, 0.1) is 0 Å². The molecular formula is C12H11N7O. The molecule has 0 spiro atoms. The molecule has 2 aromatic heterocycles. The van der Waals surface area contributed by atoms with Crippen LogP contribution in [-0.4, -0.2) is 36.1 Å². The van der Waals surface area contributed by atoms with Crippen molar-refractivity contribution in [1.82, 2.24) is 35.5 Å². The molecule has 3 rings (SSSR count). The third kappa shape index (κ3) is 2.39. The zero-order valence-corrected chi connectivity index (χ0v) is 10.4. The first-order chi connectivity index (χ1) is 9.84. The van der Waals surface area contributed by atoms with E-state index in [0.29, 0.717) is 11.5 Å². The van der Waals surface area contributed by atoms with Crippen molar-refractivity contribution >= 4 is 5.91 Å². The molecule has 8 heteroatoms. The Morgan fingerprint density at radius 3 is 2.90 bits per heavy atom. The maximum absolute atomic E-state index is 12.1. The van der Waals surface area contributed by atoms with Crippen molar-refractivity contribution in [2.24, 2.45) is 0 Å². The fraction of sp³-hybridized carbons (Fsp3) is 0.0833. The van der Waals surface area contributed by atoms with Crippen molar-refractivity contribution in [1.29, 1.82) is 0 Å². The highest BCUT2D eigenvalue weighted by Crippen LogP contribution is 2.10. The molecule has 0 aliphatic carbocycles. The van der Waals surface area contributed by atoms with Crippen LogP contribution in [0.25, 0.3) is 5.69 Å². The highest BCUT2D eigenvalue weighted by Gasteiger charge is 2.13. The zero-order valence-electron chi connectivity index (χ0n) is 10.4. The molecule has 100 valence electrons. The van der Waals surface area contributed by atoms with Gasteiger partial charge in [-0.05, 0) is 12.1 Å². The van der Waals surface area contributed by atoms with Gasteiger partial charge in [0.15, 0.2) is 5.82 Å². The minimum absolute atomic E-state index is 0.204. The van der Waals surface area contributed by atoms with Gasteiger partial charge in [0.05, 0.1) is 19.1 Å². The van der Waals surface area contributed by atoms with Crippen molar-refractivity contribution in [3.63, 3.8) is 0 Å². The lowest BCUT2D eigenvalue weighted by atomic mass is 10.3. The molecule has 2 heterocycles. The molecule has 0 saturated carbocycles. The Hall–Kier alpha value is -3.03. The summed E-state index contributed by atoms with van der Waals surface area (Å²) in [6.07, 6.45) is 3.11. The molecule has 0 radical (unpaired) electrons. The maximum atomic E-state index is 12.1. The SMILES string of the molecule is O=C(NCc1nn[nH]n1)c1cncn1-c1ccccc1. The summed E-state index contributed by atoms with van der Waals surface area (Å²) in [5.74, 6) is 0.167. The number of amides is 1. The molecule has 0 aliphatic rings. The second-order valence-corrected chi connectivity index (χ2v) is 4.00. The average molecular weight is 269 g/mol. The van der Waals surface area contributed by atoms with E-state index in [1.165, 1.54) is 6.20 Å². The van der Waals surface area contributed by atoms with Gasteiger partial charge in [0.2, 0.25) is 0 Å². The molecule has 1 amide bonds. The molecule has 0 aliphatic heterocycles. The molecule has 0 fully saturated rings. The number of hydrogen-bond donors (Lipinski definition) is 2. The van der Waals surface area contributed by atoms with E-state index in [-0.39, 0.29) is 12.5 Å². The Kier molecular flexibility index (Phi) is 3.19. The van der Waals surface area contributed by atoms with E-state index >= 15 is 0 Å². The van der Waals surface area contributed by atoms with Crippen molar-refractivity contribution in [3.05, 3.63) is 54.4 Å². The predicted molar refractivity (Wildman–Crippen MR) is 68.9 cm³/mol. The molecule has 1 aromatic carbocycles. The lowest BCUT2D eigenvalue weighted by molar-refractivity contribution is 0.0943. The van der Waals surface area contributed by atoms with E-state index in [1.54, 1.807) is 10.9 Å². The number of nitrogens with zero attached hydrogens (tertiary/aromatic N) is 5. The molecule has 0 bridgehead atoms. The first-order valence-electron chi connectivity index (χ1n) is 5.93. The first-order valence-corrected chi connectivity index (χ1v) is 5.93. The lowest BCUT2D eigenvalue weighted by Gasteiger charge is -2.07. The highest BCUT2D eigenvalue weighted by atomic mass is 16.2. The van der Waals surface area contributed by atoms with Crippen LogP contribution in [0.15, 0.2) is 42.9 Å². The van der Waals surface area contributed by atoms with Crippen LogP contribution in [0.1, 0.15) is 16.3 Å². The summed E-state index contributed by atoms with van der Waals surface area (Å²) in [7, 11) is 0. The summed E-state index contributed by atoms with van der Waals surface area (Å²) in [4.78, 5) is 16.2. The minimum atomic E-state index is -0.254. The number of H-pyrrole nitrogens is 1. The summed E-state index contributed by atoms with van der Waals surface area (Å²) in [5, 5.41) is 16.0. The number of benzene rings is 1. The van der Waals surface area contributed by atoms with Crippen molar-refractivity contribution in [3.8, 4) is 5.69 Å². The Balaban J connectivity index is 1.77. The van der Waals surface area contributed by atoms with E-state index in [1.807, 2.05) is 30.3 Å². The predicted octanol–water partition coefficient (Wildman–Crippen LogP) is 0.315. The lowest BCUT2D eigenvalue weighted by Crippen LogP contribution is -2.25. The van der Waals surface area contributed by atoms with Crippen LogP contribution in [0.2, 0.25) is 0 Å². The van der Waals surface area contributed by atoms with Crippen molar-refractivity contribution in [2.75, 3.05) is 0 Å². The summed E-state index contributed by atoms with van der Waals surface area (Å²) in [6.45, 7) is 0.204. The van der Waals surface area contributed by atoms with Gasteiger partial charge in [0.1, 0.15) is 5.69 Å². The maximum Gasteiger partial charge on any atom is 0.270 e. The summed E-state index contributed by atoms with van der Waals surface area (Å²) < 4.78 is 1.71. The molecule has 2 N–H and O–H groups in total. The van der Waals surface area contributed by atoms with Gasteiger partial charge in [-0.15, -0.1) is 10.2 Å². The van der Waals surface area contributed by atoms with Crippen LogP contribution in [0.4, 0.5) is 0 Å². The quantitative estimate of drug-likeness (QED) is 0.710. The Labute approximate surface area is 113 Å². The number of para-hydroxylation sites is 1. The smallest absolute Gasteiger partial charge is 0.270 e. The average Bonchev–Trinajstić information content (AvgIpc) is 3.17. The van der Waals surface area contributed by atoms with Gasteiger partial charge in [-0.1, -0.05) is 23.4 Å². The summed E-state index contributed by atoms with van der Waals surface area (Å²) in [5.41, 5.74) is 1.31. The number of hydrogen-bond acceptors (Lipinski definition) is 5. The van der Waals surface area contributed by atoms with Crippen molar-refractivity contribution in [2.45, 2.75) is 6.54 Å². The molecule has 0 saturated heterocycles. The highest BCUT2D eigenvalue weighted by molar-refractivity contribution is 5.92. The van der Waals surface area contributed by atoms with Crippen LogP contribution in [0.3, 0.4) is 0 Å². The largest absolute Gasteiger partial charge is 0.343 e. The Morgan fingerprint density at radius 1 is 1.30 bits per heavy atom. The number of imidazole rings is 1. The second-order valence-electron chi connectivity index (χ2n) is 4.00. The normalized spacial score (nSPS) is 10.4. The third-order valence-corrected chi connectivity index (χ3v) is 2.70. The molecular weight excluding hydrogens is 258 g/mol. The molecule has 3 aromatic rings. The number of tetrazole rings is 1. The van der Waals surface area contributed by atoms with E-state index < -0.39 is 0 Å². The van der Waals surface area contributed by atoms with E-state index in [9.17, 15) is 4.79 Å². The van der Waals surface area contributed by atoms with Gasteiger partial charge in [-0.25, -0.2) is 4.98 Å². The minimum Gasteiger partial charge on any atom is -0.343 e. The number of carbonyl (C=O) groups is 1. The molecule has 0 atom stereocenters. The molecule has 0 unspecified atom stereocenters. The van der Waals surface area contributed by atoms with Gasteiger partial charge in [0, 0.05) is 5.69 Å². The monoisotopic (exact) mass is 269 g/mol. The van der Waals surface area contributed by atoms with Gasteiger partial charge in [-0.2, -0.15) is 5.21 Å². The van der Waals surface area contributed by atoms with Crippen LogP contribution in [0.5, 0.6) is 0 Å². The summed E-state index contributed by atoms with van der Waals surface area (Å²) >= 11 is 0. The summed E-state index contributed by atoms with van der Waals surface area (Å²) in [6, 6.07) is 9.51. The molecule has 8 nitrogen and oxygen atoms in total. The fourth-order valence-corrected chi connectivity index (χ4v) is 1.76. The standard InChI is InChI=1S/C12H11N7O/c20-12(14-7-11-15-17-18-16-11)10-6-13-8-19(10)9-4-2-1-3-5-9/h1-6,8H,7H2,(H,14,20)(H,15,16,17,18). The fourth-order valence-electron chi connectivity index (χ4n) is 1.76. The van der Waals surface area contributed by atoms with E-state index in [2.05, 4.69) is 30.9 Å². The van der Waals surface area contributed by atoms with Gasteiger partial charge >= 0.3 is 0 Å². The van der Waals surface area contributed by atoms with Crippen LogP contribution in [-0.2, 0) is 6.54 Å². The molecule has 20 heavy (non-hydrogen) atoms. The van der Waals surface area contributed by atoms with Crippen molar-refractivity contribution < 1.29 is 4.79 Å². The van der Waals surface area contributed by atoms with E-state index in [0.717, 1.165) is 5.69 Å². The van der Waals surface area contributed by atoms with Gasteiger partial charge < -0.3 is 5.32 Å². The number of aromatic nitrogens is 6. The van der Waals surface area contributed by atoms with E-state index in [4.69, 9.17) is 0 Å². The number of nitrogens with one attached hydrogen (secondary N) is 2. The van der Waals surface area contributed by atoms with Crippen LogP contribution < -0.4 is 5.32 Å². The number of aromatic amines is 1. The Bertz CT molecular complexity index is 690. The Morgan fingerprint density at radius 2 is 2.15 bits per heavy atom. The van der Waals surface area contributed by atoms with Gasteiger partial charge in [0.25, 0.3) is 5.91 Å². The topological polar surface area (TPSA) is 101 Å².